The van der Waals surface area contributed by atoms with E-state index in [-0.39, 0.29) is 16.8 Å². The van der Waals surface area contributed by atoms with Crippen molar-refractivity contribution in [2.24, 2.45) is 0 Å². The largest absolute Gasteiger partial charge is 0.306 e. The van der Waals surface area contributed by atoms with E-state index < -0.39 is 10.0 Å². The van der Waals surface area contributed by atoms with Crippen LogP contribution in [0.15, 0.2) is 71.9 Å². The lowest BCUT2D eigenvalue weighted by Crippen LogP contribution is -2.41. The van der Waals surface area contributed by atoms with Gasteiger partial charge in [0.05, 0.1) is 10.9 Å². The molecule has 1 unspecified atom stereocenters. The van der Waals surface area contributed by atoms with E-state index in [1.807, 2.05) is 41.2 Å². The summed E-state index contributed by atoms with van der Waals surface area (Å²) in [6.45, 7) is 1.62. The highest BCUT2D eigenvalue weighted by Crippen LogP contribution is 2.33. The molecule has 8 heteroatoms. The van der Waals surface area contributed by atoms with Crippen LogP contribution in [0.3, 0.4) is 0 Å². The second-order valence-electron chi connectivity index (χ2n) is 8.02. The van der Waals surface area contributed by atoms with Crippen LogP contribution in [0.5, 0.6) is 0 Å². The van der Waals surface area contributed by atoms with Gasteiger partial charge >= 0.3 is 0 Å². The molecule has 2 aliphatic heterocycles. The lowest BCUT2D eigenvalue weighted by atomic mass is 9.97. The van der Waals surface area contributed by atoms with E-state index >= 15 is 0 Å². The molecule has 0 bridgehead atoms. The van der Waals surface area contributed by atoms with Gasteiger partial charge in [0.25, 0.3) is 5.91 Å². The molecule has 2 aliphatic rings. The quantitative estimate of drug-likeness (QED) is 0.630. The molecule has 3 aromatic rings. The number of anilines is 1. The molecule has 1 fully saturated rings. The first-order valence-electron chi connectivity index (χ1n) is 10.5. The summed E-state index contributed by atoms with van der Waals surface area (Å²) in [5, 5.41) is 4.36. The summed E-state index contributed by atoms with van der Waals surface area (Å²) in [7, 11) is -3.50. The van der Waals surface area contributed by atoms with Gasteiger partial charge in [0.15, 0.2) is 0 Å². The van der Waals surface area contributed by atoms with E-state index in [9.17, 15) is 13.2 Å². The monoisotopic (exact) mass is 436 g/mol. The molecule has 160 valence electrons. The van der Waals surface area contributed by atoms with Gasteiger partial charge in [-0.05, 0) is 61.2 Å². The van der Waals surface area contributed by atoms with Crippen LogP contribution in [-0.2, 0) is 16.4 Å². The summed E-state index contributed by atoms with van der Waals surface area (Å²) >= 11 is 0. The fourth-order valence-electron chi connectivity index (χ4n) is 4.44. The number of sulfonamides is 1. The maximum absolute atomic E-state index is 13.4. The third-order valence-corrected chi connectivity index (χ3v) is 7.99. The van der Waals surface area contributed by atoms with Crippen molar-refractivity contribution < 1.29 is 13.2 Å². The number of amides is 1. The topological polar surface area (TPSA) is 75.5 Å². The van der Waals surface area contributed by atoms with E-state index in [1.165, 1.54) is 4.31 Å². The van der Waals surface area contributed by atoms with Crippen molar-refractivity contribution in [3.8, 4) is 0 Å². The maximum atomic E-state index is 13.4. The van der Waals surface area contributed by atoms with Crippen molar-refractivity contribution in [2.45, 2.75) is 30.2 Å². The molecule has 5 rings (SSSR count). The zero-order chi connectivity index (χ0) is 21.4. The van der Waals surface area contributed by atoms with Gasteiger partial charge in [-0.2, -0.15) is 9.40 Å². The van der Waals surface area contributed by atoms with Gasteiger partial charge in [-0.3, -0.25) is 9.48 Å². The van der Waals surface area contributed by atoms with Crippen molar-refractivity contribution in [3.63, 3.8) is 0 Å². The van der Waals surface area contributed by atoms with E-state index in [1.54, 1.807) is 35.4 Å². The Labute approximate surface area is 182 Å². The summed E-state index contributed by atoms with van der Waals surface area (Å²) in [5.74, 6) is -0.144. The van der Waals surface area contributed by atoms with Crippen molar-refractivity contribution in [3.05, 3.63) is 78.1 Å². The number of hydrogen-bond acceptors (Lipinski definition) is 4. The Hall–Kier alpha value is -2.97. The molecule has 1 saturated heterocycles. The predicted octanol–water partition coefficient (Wildman–Crippen LogP) is 3.11. The Kier molecular flexibility index (Phi) is 5.11. The molecule has 0 radical (unpaired) electrons. The zero-order valence-corrected chi connectivity index (χ0v) is 17.9. The molecular weight excluding hydrogens is 412 g/mol. The zero-order valence-electron chi connectivity index (χ0n) is 17.1. The number of aromatic nitrogens is 2. The number of fused-ring (bicyclic) bond motifs is 1. The Balaban J connectivity index is 1.43. The smallest absolute Gasteiger partial charge is 0.258 e. The van der Waals surface area contributed by atoms with Crippen LogP contribution in [0.25, 0.3) is 0 Å². The van der Waals surface area contributed by atoms with E-state index in [4.69, 9.17) is 0 Å². The van der Waals surface area contributed by atoms with Gasteiger partial charge in [0.2, 0.25) is 10.0 Å². The van der Waals surface area contributed by atoms with Crippen LogP contribution in [0, 0.1) is 0 Å². The fourth-order valence-corrected chi connectivity index (χ4v) is 5.96. The molecular formula is C23H24N4O3S. The van der Waals surface area contributed by atoms with Gasteiger partial charge in [-0.15, -0.1) is 0 Å². The standard InChI is InChI=1S/C23H24N4O3S/c28-23(18-8-10-21(11-9-18)31(29,30)25-13-3-4-14-25)26-17-20(27-15-5-12-24-27)16-19-6-1-2-7-22(19)26/h1-2,5-12,15,20H,3-4,13-14,16-17H2. The number of hydrogen-bond donors (Lipinski definition) is 0. The fraction of sp³-hybridized carbons (Fsp3) is 0.304. The van der Waals surface area contributed by atoms with Crippen molar-refractivity contribution >= 4 is 21.6 Å². The van der Waals surface area contributed by atoms with Crippen LogP contribution in [0.4, 0.5) is 5.69 Å². The van der Waals surface area contributed by atoms with Crippen LogP contribution in [0.1, 0.15) is 34.8 Å². The van der Waals surface area contributed by atoms with Gasteiger partial charge in [-0.1, -0.05) is 18.2 Å². The van der Waals surface area contributed by atoms with Crippen LogP contribution >= 0.6 is 0 Å². The first-order valence-corrected chi connectivity index (χ1v) is 12.0. The summed E-state index contributed by atoms with van der Waals surface area (Å²) < 4.78 is 29.0. The minimum absolute atomic E-state index is 0.0451. The van der Waals surface area contributed by atoms with Crippen molar-refractivity contribution in [2.75, 3.05) is 24.5 Å². The number of carbonyl (C=O) groups excluding carboxylic acids is 1. The molecule has 31 heavy (non-hydrogen) atoms. The van der Waals surface area contributed by atoms with Gasteiger partial charge in [0, 0.05) is 43.3 Å². The van der Waals surface area contributed by atoms with Gasteiger partial charge in [0.1, 0.15) is 0 Å². The first-order chi connectivity index (χ1) is 15.0. The Bertz CT molecular complexity index is 1180. The van der Waals surface area contributed by atoms with E-state index in [0.29, 0.717) is 25.2 Å². The molecule has 1 aromatic heterocycles. The van der Waals surface area contributed by atoms with Crippen molar-refractivity contribution in [1.82, 2.24) is 14.1 Å². The first kappa shape index (κ1) is 20.0. The van der Waals surface area contributed by atoms with Crippen LogP contribution in [0.2, 0.25) is 0 Å². The Morgan fingerprint density at radius 3 is 2.42 bits per heavy atom. The highest BCUT2D eigenvalue weighted by Gasteiger charge is 2.31. The number of carbonyl (C=O) groups is 1. The average molecular weight is 437 g/mol. The van der Waals surface area contributed by atoms with Gasteiger partial charge < -0.3 is 4.90 Å². The SMILES string of the molecule is O=C(c1ccc(S(=O)(=O)N2CCCC2)cc1)N1CC(n2cccn2)Cc2ccccc21. The third-order valence-electron chi connectivity index (χ3n) is 6.08. The molecule has 0 aliphatic carbocycles. The second-order valence-corrected chi connectivity index (χ2v) is 9.96. The molecule has 1 atom stereocenters. The predicted molar refractivity (Wildman–Crippen MR) is 118 cm³/mol. The minimum Gasteiger partial charge on any atom is -0.306 e. The number of rotatable bonds is 4. The van der Waals surface area contributed by atoms with E-state index in [2.05, 4.69) is 5.10 Å². The summed E-state index contributed by atoms with van der Waals surface area (Å²) in [5.41, 5.74) is 2.46. The van der Waals surface area contributed by atoms with E-state index in [0.717, 1.165) is 30.5 Å². The molecule has 0 N–H and O–H groups in total. The van der Waals surface area contributed by atoms with Crippen LogP contribution < -0.4 is 4.90 Å². The summed E-state index contributed by atoms with van der Waals surface area (Å²) in [4.78, 5) is 15.4. The van der Waals surface area contributed by atoms with Crippen molar-refractivity contribution in [1.29, 1.82) is 0 Å². The molecule has 7 nitrogen and oxygen atoms in total. The Morgan fingerprint density at radius 1 is 0.968 bits per heavy atom. The highest BCUT2D eigenvalue weighted by atomic mass is 32.2. The maximum Gasteiger partial charge on any atom is 0.258 e. The number of para-hydroxylation sites is 1. The average Bonchev–Trinajstić information content (AvgIpc) is 3.53. The number of benzene rings is 2. The Morgan fingerprint density at radius 2 is 1.71 bits per heavy atom. The molecule has 0 spiro atoms. The summed E-state index contributed by atoms with van der Waals surface area (Å²) in [6.07, 6.45) is 6.24. The minimum atomic E-state index is -3.50. The molecule has 3 heterocycles. The van der Waals surface area contributed by atoms with Crippen LogP contribution in [-0.4, -0.2) is 48.0 Å². The molecule has 0 saturated carbocycles. The lowest BCUT2D eigenvalue weighted by Gasteiger charge is -2.34. The second kappa shape index (κ2) is 7.94. The number of nitrogens with zero attached hydrogens (tertiary/aromatic N) is 4. The molecule has 2 aromatic carbocycles. The highest BCUT2D eigenvalue weighted by molar-refractivity contribution is 7.89. The third kappa shape index (κ3) is 3.66. The van der Waals surface area contributed by atoms with Gasteiger partial charge in [-0.25, -0.2) is 8.42 Å². The normalized spacial score (nSPS) is 19.4. The summed E-state index contributed by atoms with van der Waals surface area (Å²) in [6, 6.07) is 16.1. The molecule has 1 amide bonds. The lowest BCUT2D eigenvalue weighted by molar-refractivity contribution is 0.0980.